The molecule has 0 fully saturated rings. The molecule has 0 unspecified atom stereocenters. The average molecular weight is 190 g/mol. The summed E-state index contributed by atoms with van der Waals surface area (Å²) in [5.74, 6) is -1.28. The number of carbonyl (C=O) groups excluding carboxylic acids is 1. The standard InChI is InChI=1S/C6H6O3S2/c7-4(3-5(8)9)6-10-1-2-11-6/h1-2,6H,3H2,(H,8,9). The van der Waals surface area contributed by atoms with E-state index in [1.807, 2.05) is 0 Å². The van der Waals surface area contributed by atoms with Crippen LogP contribution in [0.1, 0.15) is 6.42 Å². The number of carbonyl (C=O) groups is 2. The quantitative estimate of drug-likeness (QED) is 0.680. The third-order valence-electron chi connectivity index (χ3n) is 1.05. The van der Waals surface area contributed by atoms with E-state index in [9.17, 15) is 9.59 Å². The summed E-state index contributed by atoms with van der Waals surface area (Å²) in [5.41, 5.74) is 0. The highest BCUT2D eigenvalue weighted by molar-refractivity contribution is 8.23. The highest BCUT2D eigenvalue weighted by atomic mass is 32.2. The number of Topliss-reactive ketones (excluding diaryl/α,β-unsaturated/α-hetero) is 1. The van der Waals surface area contributed by atoms with E-state index >= 15 is 0 Å². The Morgan fingerprint density at radius 2 is 1.91 bits per heavy atom. The van der Waals surface area contributed by atoms with Crippen LogP contribution < -0.4 is 0 Å². The van der Waals surface area contributed by atoms with Crippen molar-refractivity contribution in [3.8, 4) is 0 Å². The number of rotatable bonds is 3. The first kappa shape index (κ1) is 8.67. The van der Waals surface area contributed by atoms with Crippen molar-refractivity contribution in [1.29, 1.82) is 0 Å². The predicted molar refractivity (Wildman–Crippen MR) is 45.4 cm³/mol. The van der Waals surface area contributed by atoms with Crippen LogP contribution in [0.4, 0.5) is 0 Å². The maximum absolute atomic E-state index is 11.0. The van der Waals surface area contributed by atoms with Crippen molar-refractivity contribution in [1.82, 2.24) is 0 Å². The Kier molecular flexibility index (Phi) is 3.02. The van der Waals surface area contributed by atoms with Gasteiger partial charge in [0.2, 0.25) is 0 Å². The van der Waals surface area contributed by atoms with Crippen LogP contribution >= 0.6 is 23.5 Å². The molecule has 0 saturated heterocycles. The maximum atomic E-state index is 11.0. The van der Waals surface area contributed by atoms with E-state index < -0.39 is 5.97 Å². The molecule has 0 saturated carbocycles. The van der Waals surface area contributed by atoms with E-state index in [1.54, 1.807) is 10.8 Å². The van der Waals surface area contributed by atoms with Crippen molar-refractivity contribution in [3.05, 3.63) is 10.8 Å². The van der Waals surface area contributed by atoms with Crippen LogP contribution in [-0.2, 0) is 9.59 Å². The van der Waals surface area contributed by atoms with Gasteiger partial charge in [-0.1, -0.05) is 0 Å². The molecule has 0 aliphatic carbocycles. The van der Waals surface area contributed by atoms with Crippen molar-refractivity contribution in [3.63, 3.8) is 0 Å². The summed E-state index contributed by atoms with van der Waals surface area (Å²) in [7, 11) is 0. The fourth-order valence-corrected chi connectivity index (χ4v) is 2.53. The van der Waals surface area contributed by atoms with Crippen molar-refractivity contribution in [2.75, 3.05) is 0 Å². The molecule has 0 amide bonds. The lowest BCUT2D eigenvalue weighted by molar-refractivity contribution is -0.139. The minimum atomic E-state index is -1.05. The smallest absolute Gasteiger partial charge is 0.310 e. The Balaban J connectivity index is 2.36. The summed E-state index contributed by atoms with van der Waals surface area (Å²) in [6.07, 6.45) is -0.369. The van der Waals surface area contributed by atoms with Gasteiger partial charge in [-0.15, -0.1) is 23.5 Å². The molecule has 0 bridgehead atoms. The molecule has 11 heavy (non-hydrogen) atoms. The number of ketones is 1. The molecule has 0 atom stereocenters. The van der Waals surface area contributed by atoms with Crippen LogP contribution in [0.25, 0.3) is 0 Å². The van der Waals surface area contributed by atoms with Gasteiger partial charge in [0.25, 0.3) is 0 Å². The molecule has 0 aromatic heterocycles. The Bertz CT molecular complexity index is 204. The van der Waals surface area contributed by atoms with Gasteiger partial charge in [0.15, 0.2) is 5.78 Å². The van der Waals surface area contributed by atoms with Crippen molar-refractivity contribution in [2.45, 2.75) is 11.0 Å². The molecule has 1 heterocycles. The van der Waals surface area contributed by atoms with Crippen LogP contribution in [0, 0.1) is 0 Å². The predicted octanol–water partition coefficient (Wildman–Crippen LogP) is 1.31. The van der Waals surface area contributed by atoms with Crippen molar-refractivity contribution < 1.29 is 14.7 Å². The number of carboxylic acids is 1. The van der Waals surface area contributed by atoms with Gasteiger partial charge < -0.3 is 5.11 Å². The molecule has 0 aromatic rings. The van der Waals surface area contributed by atoms with E-state index in [1.165, 1.54) is 23.5 Å². The summed E-state index contributed by atoms with van der Waals surface area (Å²) in [5, 5.41) is 11.9. The summed E-state index contributed by atoms with van der Waals surface area (Å²) in [6.45, 7) is 0. The van der Waals surface area contributed by atoms with Crippen molar-refractivity contribution in [2.24, 2.45) is 0 Å². The van der Waals surface area contributed by atoms with Crippen LogP contribution in [-0.4, -0.2) is 21.4 Å². The fourth-order valence-electron chi connectivity index (χ4n) is 0.623. The summed E-state index contributed by atoms with van der Waals surface area (Å²) >= 11 is 2.72. The molecule has 60 valence electrons. The van der Waals surface area contributed by atoms with Gasteiger partial charge in [0, 0.05) is 0 Å². The molecule has 0 aromatic carbocycles. The largest absolute Gasteiger partial charge is 0.481 e. The summed E-state index contributed by atoms with van der Waals surface area (Å²) in [4.78, 5) is 21.1. The fraction of sp³-hybridized carbons (Fsp3) is 0.333. The van der Waals surface area contributed by atoms with Crippen LogP contribution in [0.15, 0.2) is 10.8 Å². The second kappa shape index (κ2) is 3.82. The van der Waals surface area contributed by atoms with Gasteiger partial charge in [-0.25, -0.2) is 0 Å². The molecule has 0 radical (unpaired) electrons. The Hall–Kier alpha value is -0.420. The van der Waals surface area contributed by atoms with E-state index in [-0.39, 0.29) is 16.8 Å². The molecule has 3 nitrogen and oxygen atoms in total. The van der Waals surface area contributed by atoms with Gasteiger partial charge in [-0.2, -0.15) is 0 Å². The van der Waals surface area contributed by atoms with Crippen LogP contribution in [0.3, 0.4) is 0 Å². The topological polar surface area (TPSA) is 54.4 Å². The number of thioether (sulfide) groups is 2. The van der Waals surface area contributed by atoms with E-state index in [2.05, 4.69) is 0 Å². The van der Waals surface area contributed by atoms with Crippen LogP contribution in [0.5, 0.6) is 0 Å². The second-order valence-electron chi connectivity index (χ2n) is 1.91. The molecular weight excluding hydrogens is 184 g/mol. The number of carboxylic acid groups (broad SMARTS) is 1. The lowest BCUT2D eigenvalue weighted by Gasteiger charge is -2.02. The molecule has 5 heteroatoms. The second-order valence-corrected chi connectivity index (χ2v) is 4.24. The van der Waals surface area contributed by atoms with Gasteiger partial charge in [0.1, 0.15) is 11.0 Å². The molecule has 0 spiro atoms. The first-order valence-electron chi connectivity index (χ1n) is 2.90. The number of aliphatic carboxylic acids is 1. The van der Waals surface area contributed by atoms with E-state index in [0.717, 1.165) is 0 Å². The monoisotopic (exact) mass is 190 g/mol. The van der Waals surface area contributed by atoms with Gasteiger partial charge in [-0.3, -0.25) is 9.59 Å². The Labute approximate surface area is 72.2 Å². The normalized spacial score (nSPS) is 17.1. The number of hydrogen-bond donors (Lipinski definition) is 1. The van der Waals surface area contributed by atoms with Gasteiger partial charge >= 0.3 is 5.97 Å². The zero-order chi connectivity index (χ0) is 8.27. The highest BCUT2D eigenvalue weighted by Gasteiger charge is 2.22. The van der Waals surface area contributed by atoms with Gasteiger partial charge in [0.05, 0.1) is 0 Å². The van der Waals surface area contributed by atoms with E-state index in [0.29, 0.717) is 0 Å². The minimum Gasteiger partial charge on any atom is -0.481 e. The average Bonchev–Trinajstić information content (AvgIpc) is 2.35. The zero-order valence-electron chi connectivity index (χ0n) is 5.52. The summed E-state index contributed by atoms with van der Waals surface area (Å²) < 4.78 is -0.230. The van der Waals surface area contributed by atoms with Crippen molar-refractivity contribution >= 4 is 35.3 Å². The lowest BCUT2D eigenvalue weighted by Crippen LogP contribution is -2.15. The third-order valence-corrected chi connectivity index (χ3v) is 3.49. The molecule has 1 aliphatic heterocycles. The minimum absolute atomic E-state index is 0.225. The lowest BCUT2D eigenvalue weighted by atomic mass is 10.3. The molecule has 1 aliphatic rings. The first-order chi connectivity index (χ1) is 5.20. The maximum Gasteiger partial charge on any atom is 0.310 e. The molecular formula is C6H6O3S2. The summed E-state index contributed by atoms with van der Waals surface area (Å²) in [6, 6.07) is 0. The molecule has 1 N–H and O–H groups in total. The first-order valence-corrected chi connectivity index (χ1v) is 4.79. The van der Waals surface area contributed by atoms with Crippen LogP contribution in [0.2, 0.25) is 0 Å². The molecule has 1 rings (SSSR count). The highest BCUT2D eigenvalue weighted by Crippen LogP contribution is 2.34. The zero-order valence-corrected chi connectivity index (χ0v) is 7.15. The van der Waals surface area contributed by atoms with Gasteiger partial charge in [-0.05, 0) is 10.8 Å². The number of hydrogen-bond acceptors (Lipinski definition) is 4. The van der Waals surface area contributed by atoms with E-state index in [4.69, 9.17) is 5.11 Å². The third kappa shape index (κ3) is 2.59. The Morgan fingerprint density at radius 3 is 2.36 bits per heavy atom. The SMILES string of the molecule is O=C(O)CC(=O)C1SC=CS1. The Morgan fingerprint density at radius 1 is 1.36 bits per heavy atom.